The molecule has 0 aliphatic heterocycles. The maximum Gasteiger partial charge on any atom is 0.267 e. The van der Waals surface area contributed by atoms with Gasteiger partial charge in [-0.15, -0.1) is 11.3 Å². The topological polar surface area (TPSA) is 130 Å². The number of para-hydroxylation sites is 1. The van der Waals surface area contributed by atoms with Gasteiger partial charge in [0.15, 0.2) is 0 Å². The fourth-order valence-electron chi connectivity index (χ4n) is 3.28. The molecule has 0 atom stereocenters. The number of pyridine rings is 1. The van der Waals surface area contributed by atoms with E-state index >= 15 is 0 Å². The molecular weight excluding hydrogens is 422 g/mol. The predicted octanol–water partition coefficient (Wildman–Crippen LogP) is 3.88. The lowest BCUT2D eigenvalue weighted by Gasteiger charge is -2.11. The Morgan fingerprint density at radius 2 is 2.00 bits per heavy atom. The Balaban J connectivity index is 1.50. The predicted molar refractivity (Wildman–Crippen MR) is 131 cm³/mol. The van der Waals surface area contributed by atoms with Crippen LogP contribution < -0.4 is 27.6 Å². The van der Waals surface area contributed by atoms with E-state index in [0.29, 0.717) is 22.8 Å². The van der Waals surface area contributed by atoms with E-state index in [1.165, 1.54) is 11.3 Å². The van der Waals surface area contributed by atoms with Crippen molar-refractivity contribution in [3.05, 3.63) is 82.2 Å². The van der Waals surface area contributed by atoms with Crippen LogP contribution in [0.15, 0.2) is 71.2 Å². The molecule has 9 heteroatoms. The third kappa shape index (κ3) is 4.69. The summed E-state index contributed by atoms with van der Waals surface area (Å²) in [5, 5.41) is 9.29. The van der Waals surface area contributed by atoms with E-state index in [-0.39, 0.29) is 11.9 Å². The van der Waals surface area contributed by atoms with Crippen LogP contribution >= 0.6 is 11.3 Å². The van der Waals surface area contributed by atoms with Gasteiger partial charge in [-0.25, -0.2) is 10.8 Å². The van der Waals surface area contributed by atoms with Crippen molar-refractivity contribution in [2.75, 3.05) is 10.6 Å². The van der Waals surface area contributed by atoms with Gasteiger partial charge in [-0.1, -0.05) is 24.3 Å². The molecule has 0 unspecified atom stereocenters. The Morgan fingerprint density at radius 3 is 2.84 bits per heavy atom. The second kappa shape index (κ2) is 9.46. The molecule has 0 saturated heterocycles. The maximum absolute atomic E-state index is 13.0. The molecule has 0 saturated carbocycles. The zero-order valence-electron chi connectivity index (χ0n) is 17.4. The van der Waals surface area contributed by atoms with Crippen molar-refractivity contribution < 1.29 is 4.79 Å². The van der Waals surface area contributed by atoms with Crippen molar-refractivity contribution in [3.8, 4) is 0 Å². The number of nitrogens with zero attached hydrogens (tertiary/aromatic N) is 2. The number of amides is 1. The molecule has 8 nitrogen and oxygen atoms in total. The summed E-state index contributed by atoms with van der Waals surface area (Å²) < 4.78 is 0. The van der Waals surface area contributed by atoms with E-state index in [4.69, 9.17) is 11.6 Å². The quantitative estimate of drug-likeness (QED) is 0.132. The number of anilines is 2. The number of hydrogen-bond acceptors (Lipinski definition) is 6. The highest BCUT2D eigenvalue weighted by Gasteiger charge is 2.14. The van der Waals surface area contributed by atoms with Crippen LogP contribution in [0.4, 0.5) is 17.1 Å². The van der Waals surface area contributed by atoms with Gasteiger partial charge >= 0.3 is 0 Å². The summed E-state index contributed by atoms with van der Waals surface area (Å²) in [6.45, 7) is 2.48. The fourth-order valence-corrected chi connectivity index (χ4v) is 4.05. The van der Waals surface area contributed by atoms with Crippen LogP contribution in [0.5, 0.6) is 0 Å². The van der Waals surface area contributed by atoms with Gasteiger partial charge in [-0.3, -0.25) is 15.2 Å². The molecule has 2 heterocycles. The first-order valence-corrected chi connectivity index (χ1v) is 10.8. The number of thiophene rings is 1. The molecule has 0 aliphatic rings. The van der Waals surface area contributed by atoms with Gasteiger partial charge in [0.05, 0.1) is 16.9 Å². The minimum absolute atomic E-state index is 0.0879. The van der Waals surface area contributed by atoms with E-state index in [1.54, 1.807) is 12.3 Å². The molecule has 7 N–H and O–H groups in total. The SMILES string of the molecule is Cc1ccc(NC(=O)c2sccc2NCc2ccnc3ccccc23)cc1N=C(N)NN. The lowest BCUT2D eigenvalue weighted by atomic mass is 10.1. The number of aromatic nitrogens is 1. The number of hydrogen-bond donors (Lipinski definition) is 5. The van der Waals surface area contributed by atoms with Crippen molar-refractivity contribution in [2.24, 2.45) is 16.6 Å². The first-order valence-electron chi connectivity index (χ1n) is 9.92. The Labute approximate surface area is 189 Å². The number of aliphatic imine (C=N–C) groups is 1. The molecular formula is C23H23N7OS. The number of nitrogens with two attached hydrogens (primary N) is 2. The maximum atomic E-state index is 13.0. The summed E-state index contributed by atoms with van der Waals surface area (Å²) >= 11 is 1.38. The van der Waals surface area contributed by atoms with Gasteiger partial charge in [0, 0.05) is 23.8 Å². The second-order valence-electron chi connectivity index (χ2n) is 7.10. The van der Waals surface area contributed by atoms with Gasteiger partial charge in [0.2, 0.25) is 5.96 Å². The highest BCUT2D eigenvalue weighted by molar-refractivity contribution is 7.12. The lowest BCUT2D eigenvalue weighted by molar-refractivity contribution is 0.103. The van der Waals surface area contributed by atoms with Gasteiger partial charge in [-0.2, -0.15) is 0 Å². The second-order valence-corrected chi connectivity index (χ2v) is 8.02. The summed E-state index contributed by atoms with van der Waals surface area (Å²) in [5.74, 6) is 5.17. The van der Waals surface area contributed by atoms with Crippen molar-refractivity contribution >= 4 is 51.2 Å². The third-order valence-corrected chi connectivity index (χ3v) is 5.85. The number of rotatable bonds is 6. The largest absolute Gasteiger partial charge is 0.380 e. The Kier molecular flexibility index (Phi) is 6.29. The average Bonchev–Trinajstić information content (AvgIpc) is 3.28. The molecule has 0 spiro atoms. The molecule has 1 amide bonds. The van der Waals surface area contributed by atoms with Crippen LogP contribution in [0.3, 0.4) is 0 Å². The Bertz CT molecular complexity index is 1290. The normalized spacial score (nSPS) is 11.4. The number of carbonyl (C=O) groups is 1. The van der Waals surface area contributed by atoms with E-state index in [9.17, 15) is 4.79 Å². The Morgan fingerprint density at radius 1 is 1.16 bits per heavy atom. The number of carbonyl (C=O) groups excluding carboxylic acids is 1. The minimum Gasteiger partial charge on any atom is -0.380 e. The molecule has 0 radical (unpaired) electrons. The van der Waals surface area contributed by atoms with Gasteiger partial charge in [0.25, 0.3) is 5.91 Å². The van der Waals surface area contributed by atoms with Gasteiger partial charge < -0.3 is 16.4 Å². The fraction of sp³-hybridized carbons (Fsp3) is 0.0870. The minimum atomic E-state index is -0.203. The van der Waals surface area contributed by atoms with Gasteiger partial charge in [-0.05, 0) is 53.8 Å². The molecule has 0 aliphatic carbocycles. The zero-order chi connectivity index (χ0) is 22.5. The van der Waals surface area contributed by atoms with Crippen molar-refractivity contribution in [3.63, 3.8) is 0 Å². The number of fused-ring (bicyclic) bond motifs is 1. The standard InChI is InChI=1S/C23H23N7OS/c1-14-6-7-16(12-20(14)29-23(24)30-25)28-22(31)21-19(9-11-32-21)27-13-15-8-10-26-18-5-3-2-4-17(15)18/h2-12,27H,13,25H2,1H3,(H,28,31)(H3,24,29,30). The van der Waals surface area contributed by atoms with Crippen LogP contribution in [-0.2, 0) is 6.54 Å². The molecule has 32 heavy (non-hydrogen) atoms. The van der Waals surface area contributed by atoms with E-state index in [2.05, 4.69) is 26.0 Å². The lowest BCUT2D eigenvalue weighted by Crippen LogP contribution is -2.36. The van der Waals surface area contributed by atoms with Crippen LogP contribution in [-0.4, -0.2) is 16.9 Å². The number of nitrogens with one attached hydrogen (secondary N) is 3. The molecule has 0 fully saturated rings. The summed E-state index contributed by atoms with van der Waals surface area (Å²) in [6.07, 6.45) is 1.80. The van der Waals surface area contributed by atoms with Gasteiger partial charge in [0.1, 0.15) is 4.88 Å². The molecule has 4 rings (SSSR count). The monoisotopic (exact) mass is 445 g/mol. The van der Waals surface area contributed by atoms with Crippen LogP contribution in [0, 0.1) is 6.92 Å². The van der Waals surface area contributed by atoms with Crippen molar-refractivity contribution in [1.82, 2.24) is 10.4 Å². The Hall–Kier alpha value is -3.95. The number of aryl methyl sites for hydroxylation is 1. The van der Waals surface area contributed by atoms with Crippen LogP contribution in [0.1, 0.15) is 20.8 Å². The van der Waals surface area contributed by atoms with Crippen molar-refractivity contribution in [1.29, 1.82) is 0 Å². The highest BCUT2D eigenvalue weighted by atomic mass is 32.1. The summed E-state index contributed by atoms with van der Waals surface area (Å²) in [7, 11) is 0. The van der Waals surface area contributed by atoms with Crippen LogP contribution in [0.2, 0.25) is 0 Å². The van der Waals surface area contributed by atoms with Crippen LogP contribution in [0.25, 0.3) is 10.9 Å². The molecule has 2 aromatic carbocycles. The van der Waals surface area contributed by atoms with E-state index < -0.39 is 0 Å². The molecule has 4 aromatic rings. The van der Waals surface area contributed by atoms with E-state index in [1.807, 2.05) is 60.8 Å². The third-order valence-electron chi connectivity index (χ3n) is 4.94. The molecule has 162 valence electrons. The summed E-state index contributed by atoms with van der Waals surface area (Å²) in [6, 6.07) is 17.3. The number of benzene rings is 2. The summed E-state index contributed by atoms with van der Waals surface area (Å²) in [5.41, 5.74) is 12.9. The van der Waals surface area contributed by atoms with Crippen molar-refractivity contribution in [2.45, 2.75) is 13.5 Å². The smallest absolute Gasteiger partial charge is 0.267 e. The average molecular weight is 446 g/mol. The first-order chi connectivity index (χ1) is 15.5. The zero-order valence-corrected chi connectivity index (χ0v) is 18.2. The molecule has 2 aromatic heterocycles. The number of guanidine groups is 1. The highest BCUT2D eigenvalue weighted by Crippen LogP contribution is 2.27. The molecule has 0 bridgehead atoms. The van der Waals surface area contributed by atoms with E-state index in [0.717, 1.165) is 27.7 Å². The first kappa shape index (κ1) is 21.3. The number of hydrazine groups is 1. The summed E-state index contributed by atoms with van der Waals surface area (Å²) in [4.78, 5) is 22.1.